The third kappa shape index (κ3) is 3.17. The van der Waals surface area contributed by atoms with Crippen molar-refractivity contribution in [3.8, 4) is 5.75 Å². The van der Waals surface area contributed by atoms with Crippen molar-refractivity contribution in [2.75, 3.05) is 13.1 Å². The molecule has 1 atom stereocenters. The van der Waals surface area contributed by atoms with Crippen LogP contribution in [-0.4, -0.2) is 19.2 Å². The Labute approximate surface area is 122 Å². The van der Waals surface area contributed by atoms with Crippen LogP contribution in [0.4, 0.5) is 0 Å². The fraction of sp³-hybridized carbons (Fsp3) is 0.667. The lowest BCUT2D eigenvalue weighted by molar-refractivity contribution is 0.183. The lowest BCUT2D eigenvalue weighted by Gasteiger charge is -2.20. The molecular weight excluding hydrogens is 246 g/mol. The highest BCUT2D eigenvalue weighted by Gasteiger charge is 2.45. The second-order valence-corrected chi connectivity index (χ2v) is 7.28. The van der Waals surface area contributed by atoms with Crippen LogP contribution in [0.3, 0.4) is 0 Å². The summed E-state index contributed by atoms with van der Waals surface area (Å²) in [5, 5.41) is 3.64. The van der Waals surface area contributed by atoms with E-state index in [4.69, 9.17) is 4.74 Å². The van der Waals surface area contributed by atoms with Gasteiger partial charge in [0, 0.05) is 13.0 Å². The summed E-state index contributed by atoms with van der Waals surface area (Å²) in [5.41, 5.74) is 3.27. The molecule has 0 aromatic heterocycles. The molecule has 1 saturated carbocycles. The first kappa shape index (κ1) is 13.9. The molecule has 2 aliphatic rings. The molecule has 0 amide bonds. The van der Waals surface area contributed by atoms with Gasteiger partial charge >= 0.3 is 0 Å². The second kappa shape index (κ2) is 5.40. The molecule has 110 valence electrons. The Morgan fingerprint density at radius 2 is 2.15 bits per heavy atom. The number of aryl methyl sites for hydroxylation is 1. The molecule has 0 bridgehead atoms. The fourth-order valence-corrected chi connectivity index (χ4v) is 3.30. The number of hydrogen-bond acceptors (Lipinski definition) is 2. The molecule has 3 rings (SSSR count). The van der Waals surface area contributed by atoms with Gasteiger partial charge in [0.25, 0.3) is 0 Å². The molecule has 1 aliphatic heterocycles. The maximum absolute atomic E-state index is 6.14. The minimum absolute atomic E-state index is 0.398. The highest BCUT2D eigenvalue weighted by Crippen LogP contribution is 2.50. The van der Waals surface area contributed by atoms with Crippen LogP contribution in [0.5, 0.6) is 5.75 Å². The average molecular weight is 273 g/mol. The Hall–Kier alpha value is -1.02. The number of rotatable bonds is 6. The summed E-state index contributed by atoms with van der Waals surface area (Å²) in [6.45, 7) is 9.00. The summed E-state index contributed by atoms with van der Waals surface area (Å²) in [6.07, 6.45) is 5.45. The zero-order chi connectivity index (χ0) is 14.2. The summed E-state index contributed by atoms with van der Waals surface area (Å²) in [5.74, 6) is 1.85. The highest BCUT2D eigenvalue weighted by atomic mass is 16.5. The predicted molar refractivity (Wildman–Crippen MR) is 83.3 cm³/mol. The van der Waals surface area contributed by atoms with E-state index in [1.165, 1.54) is 36.9 Å². The van der Waals surface area contributed by atoms with Crippen LogP contribution in [-0.2, 0) is 6.42 Å². The molecule has 0 spiro atoms. The number of hydrogen-bond donors (Lipinski definition) is 1. The van der Waals surface area contributed by atoms with Gasteiger partial charge in [-0.2, -0.15) is 0 Å². The zero-order valence-electron chi connectivity index (χ0n) is 13.0. The van der Waals surface area contributed by atoms with Crippen LogP contribution < -0.4 is 10.1 Å². The molecule has 1 fully saturated rings. The van der Waals surface area contributed by atoms with Crippen LogP contribution in [0.1, 0.15) is 44.2 Å². The summed E-state index contributed by atoms with van der Waals surface area (Å²) >= 11 is 0. The lowest BCUT2D eigenvalue weighted by atomic mass is 9.95. The minimum Gasteiger partial charge on any atom is -0.490 e. The normalized spacial score (nSPS) is 22.7. The smallest absolute Gasteiger partial charge is 0.123 e. The van der Waals surface area contributed by atoms with Crippen molar-refractivity contribution < 1.29 is 4.74 Å². The van der Waals surface area contributed by atoms with Gasteiger partial charge in [-0.3, -0.25) is 0 Å². The molecule has 1 unspecified atom stereocenters. The van der Waals surface area contributed by atoms with Crippen molar-refractivity contribution in [3.63, 3.8) is 0 Å². The number of nitrogens with one attached hydrogen (secondary N) is 1. The third-order valence-corrected chi connectivity index (χ3v) is 4.63. The molecule has 1 N–H and O–H groups in total. The maximum atomic E-state index is 6.14. The van der Waals surface area contributed by atoms with Gasteiger partial charge in [0.2, 0.25) is 0 Å². The van der Waals surface area contributed by atoms with Crippen molar-refractivity contribution in [3.05, 3.63) is 29.3 Å². The van der Waals surface area contributed by atoms with E-state index in [0.717, 1.165) is 24.6 Å². The number of ether oxygens (including phenoxy) is 1. The van der Waals surface area contributed by atoms with Crippen LogP contribution >= 0.6 is 0 Å². The van der Waals surface area contributed by atoms with Gasteiger partial charge in [-0.25, -0.2) is 0 Å². The molecule has 1 aromatic rings. The van der Waals surface area contributed by atoms with Gasteiger partial charge in [-0.1, -0.05) is 31.5 Å². The Balaban J connectivity index is 1.53. The van der Waals surface area contributed by atoms with Crippen molar-refractivity contribution in [2.24, 2.45) is 11.3 Å². The first-order valence-corrected chi connectivity index (χ1v) is 8.03. The van der Waals surface area contributed by atoms with Crippen LogP contribution in [0.15, 0.2) is 18.2 Å². The number of fused-ring (bicyclic) bond motifs is 1. The largest absolute Gasteiger partial charge is 0.490 e. The van der Waals surface area contributed by atoms with Crippen molar-refractivity contribution in [1.82, 2.24) is 5.32 Å². The van der Waals surface area contributed by atoms with Crippen molar-refractivity contribution in [1.29, 1.82) is 0 Å². The van der Waals surface area contributed by atoms with Crippen LogP contribution in [0, 0.1) is 18.3 Å². The van der Waals surface area contributed by atoms with Gasteiger partial charge in [0.15, 0.2) is 0 Å². The third-order valence-electron chi connectivity index (χ3n) is 4.63. The van der Waals surface area contributed by atoms with Crippen molar-refractivity contribution in [2.45, 2.75) is 52.6 Å². The maximum Gasteiger partial charge on any atom is 0.123 e. The predicted octanol–water partition coefficient (Wildman–Crippen LogP) is 3.71. The van der Waals surface area contributed by atoms with Gasteiger partial charge in [-0.15, -0.1) is 0 Å². The number of benzene rings is 1. The van der Waals surface area contributed by atoms with E-state index in [-0.39, 0.29) is 0 Å². The van der Waals surface area contributed by atoms with E-state index in [9.17, 15) is 0 Å². The molecule has 0 radical (unpaired) electrons. The highest BCUT2D eigenvalue weighted by molar-refractivity contribution is 5.40. The molecule has 20 heavy (non-hydrogen) atoms. The van der Waals surface area contributed by atoms with E-state index in [1.807, 2.05) is 0 Å². The Kier molecular flexibility index (Phi) is 3.76. The van der Waals surface area contributed by atoms with Gasteiger partial charge in [0.05, 0.1) is 0 Å². The van der Waals surface area contributed by atoms with Gasteiger partial charge in [-0.05, 0) is 55.7 Å². The summed E-state index contributed by atoms with van der Waals surface area (Å²) in [6, 6.07) is 6.57. The standard InChI is InChI=1S/C18H27NO/c1-13(2)11-19-12-18(6-7-18)10-16-9-15-8-14(3)4-5-17(15)20-16/h4-5,8,13,16,19H,6-7,9-12H2,1-3H3. The monoisotopic (exact) mass is 273 g/mol. The SMILES string of the molecule is Cc1ccc2c(c1)CC(CC1(CNCC(C)C)CC1)O2. The van der Waals surface area contributed by atoms with Crippen LogP contribution in [0.25, 0.3) is 0 Å². The summed E-state index contributed by atoms with van der Waals surface area (Å²) in [4.78, 5) is 0. The Morgan fingerprint density at radius 1 is 1.35 bits per heavy atom. The van der Waals surface area contributed by atoms with Gasteiger partial charge < -0.3 is 10.1 Å². The van der Waals surface area contributed by atoms with Crippen LogP contribution in [0.2, 0.25) is 0 Å². The molecule has 2 heteroatoms. The van der Waals surface area contributed by atoms with E-state index in [1.54, 1.807) is 0 Å². The quantitative estimate of drug-likeness (QED) is 0.853. The fourth-order valence-electron chi connectivity index (χ4n) is 3.30. The molecule has 1 aliphatic carbocycles. The molecule has 1 heterocycles. The topological polar surface area (TPSA) is 21.3 Å². The average Bonchev–Trinajstić information content (AvgIpc) is 3.00. The first-order chi connectivity index (χ1) is 9.56. The van der Waals surface area contributed by atoms with E-state index in [2.05, 4.69) is 44.3 Å². The molecular formula is C18H27NO. The lowest BCUT2D eigenvalue weighted by Crippen LogP contribution is -2.30. The summed E-state index contributed by atoms with van der Waals surface area (Å²) in [7, 11) is 0. The molecule has 2 nitrogen and oxygen atoms in total. The Bertz CT molecular complexity index is 476. The van der Waals surface area contributed by atoms with Gasteiger partial charge in [0.1, 0.15) is 11.9 Å². The second-order valence-electron chi connectivity index (χ2n) is 7.28. The molecule has 0 saturated heterocycles. The minimum atomic E-state index is 0.398. The Morgan fingerprint density at radius 3 is 2.85 bits per heavy atom. The van der Waals surface area contributed by atoms with E-state index in [0.29, 0.717) is 11.5 Å². The molecule has 1 aromatic carbocycles. The van der Waals surface area contributed by atoms with E-state index >= 15 is 0 Å². The van der Waals surface area contributed by atoms with E-state index < -0.39 is 0 Å². The summed E-state index contributed by atoms with van der Waals surface area (Å²) < 4.78 is 6.14. The first-order valence-electron chi connectivity index (χ1n) is 8.03. The van der Waals surface area contributed by atoms with Crippen molar-refractivity contribution >= 4 is 0 Å². The zero-order valence-corrected chi connectivity index (χ0v) is 13.0.